The summed E-state index contributed by atoms with van der Waals surface area (Å²) in [6.07, 6.45) is 9.39. The average molecular weight is 1030 g/mol. The number of fused-ring (bicyclic) bond motifs is 11. The van der Waals surface area contributed by atoms with E-state index in [0.717, 1.165) is 19.3 Å². The minimum Gasteiger partial charge on any atom is -0.335 e. The third-order valence-corrected chi connectivity index (χ3v) is 21.2. The lowest BCUT2D eigenvalue weighted by molar-refractivity contribution is 0.195. The molecule has 0 saturated heterocycles. The quantitative estimate of drug-likeness (QED) is 0.159. The largest absolute Gasteiger partial charge is 0.335 e. The van der Waals surface area contributed by atoms with E-state index in [0.29, 0.717) is 0 Å². The van der Waals surface area contributed by atoms with Gasteiger partial charge in [-0.1, -0.05) is 214 Å². The van der Waals surface area contributed by atoms with E-state index in [-0.39, 0.29) is 39.5 Å². The third kappa shape index (κ3) is 6.67. The van der Waals surface area contributed by atoms with Gasteiger partial charge in [-0.2, -0.15) is 0 Å². The molecule has 79 heavy (non-hydrogen) atoms. The summed E-state index contributed by atoms with van der Waals surface area (Å²) in [7, 11) is 0. The molecule has 3 nitrogen and oxygen atoms in total. The van der Waals surface area contributed by atoms with Crippen LogP contribution >= 0.6 is 0 Å². The molecule has 4 atom stereocenters. The fourth-order valence-corrected chi connectivity index (χ4v) is 16.9. The second kappa shape index (κ2) is 16.9. The van der Waals surface area contributed by atoms with Gasteiger partial charge in [-0.25, -0.2) is 0 Å². The van der Waals surface area contributed by atoms with Gasteiger partial charge >= 0.3 is 0 Å². The Morgan fingerprint density at radius 3 is 1.81 bits per heavy atom. The van der Waals surface area contributed by atoms with Crippen LogP contribution in [0.5, 0.6) is 0 Å². The van der Waals surface area contributed by atoms with E-state index in [1.807, 2.05) is 0 Å². The van der Waals surface area contributed by atoms with Gasteiger partial charge in [0.1, 0.15) is 0 Å². The summed E-state index contributed by atoms with van der Waals surface area (Å²) in [6, 6.07) is 74.1. The molecule has 9 aromatic carbocycles. The first-order valence-corrected chi connectivity index (χ1v) is 29.8. The van der Waals surface area contributed by atoms with Crippen molar-refractivity contribution in [2.45, 2.75) is 146 Å². The summed E-state index contributed by atoms with van der Waals surface area (Å²) in [5.74, 6) is 0. The standard InChI is InChI=1S/C75H74BN3/c1-70(2,3)55-34-36-63(58(45-55)52-33-32-50-26-16-17-27-51(50)42-52)77-65-37-35-56(71(4,5)6)46-61(65)76-62-44-53(49-24-12-10-13-25-49)43-60-69(62)79(73(8)39-21-20-38-72(60,73)7)67-48-57(47-66(77)68(67)76)78-64-31-19-18-30-59(64)75(54-28-14-11-15-29-54)41-23-22-40-74(75,78)9/h10-19,24-37,42-48H,20-23,38-41H2,1-9H3. The Balaban J connectivity index is 1.09. The van der Waals surface area contributed by atoms with E-state index < -0.39 is 0 Å². The predicted octanol–water partition coefficient (Wildman–Crippen LogP) is 17.9. The lowest BCUT2D eigenvalue weighted by Crippen LogP contribution is -2.64. The molecule has 2 aliphatic carbocycles. The highest BCUT2D eigenvalue weighted by Crippen LogP contribution is 2.66. The van der Waals surface area contributed by atoms with Crippen LogP contribution in [-0.4, -0.2) is 17.8 Å². The minimum absolute atomic E-state index is 0.00822. The molecule has 0 spiro atoms. The van der Waals surface area contributed by atoms with Crippen LogP contribution in [0.4, 0.5) is 39.8 Å². The number of rotatable bonds is 5. The summed E-state index contributed by atoms with van der Waals surface area (Å²) < 4.78 is 0. The average Bonchev–Trinajstić information content (AvgIpc) is 1.81. The molecule has 2 fully saturated rings. The summed E-state index contributed by atoms with van der Waals surface area (Å²) in [4.78, 5) is 8.58. The molecule has 4 heterocycles. The first kappa shape index (κ1) is 48.8. The van der Waals surface area contributed by atoms with Crippen molar-refractivity contribution in [3.05, 3.63) is 216 Å². The summed E-state index contributed by atoms with van der Waals surface area (Å²) in [5.41, 5.74) is 25.0. The van der Waals surface area contributed by atoms with Gasteiger partial charge in [0.25, 0.3) is 6.71 Å². The summed E-state index contributed by atoms with van der Waals surface area (Å²) in [6.45, 7) is 22.2. The zero-order valence-corrected chi connectivity index (χ0v) is 48.0. The van der Waals surface area contributed by atoms with Crippen molar-refractivity contribution in [1.82, 2.24) is 0 Å². The van der Waals surface area contributed by atoms with Crippen molar-refractivity contribution in [3.63, 3.8) is 0 Å². The summed E-state index contributed by atoms with van der Waals surface area (Å²) in [5, 5.41) is 2.52. The maximum atomic E-state index is 2.96. The van der Waals surface area contributed by atoms with Gasteiger partial charge in [0.05, 0.1) is 16.8 Å². The second-order valence-corrected chi connectivity index (χ2v) is 27.3. The van der Waals surface area contributed by atoms with Gasteiger partial charge in [0.2, 0.25) is 0 Å². The van der Waals surface area contributed by atoms with Gasteiger partial charge in [-0.05, 0) is 171 Å². The van der Waals surface area contributed by atoms with Crippen LogP contribution in [0.2, 0.25) is 0 Å². The van der Waals surface area contributed by atoms with Crippen molar-refractivity contribution < 1.29 is 0 Å². The van der Waals surface area contributed by atoms with E-state index >= 15 is 0 Å². The van der Waals surface area contributed by atoms with E-state index in [4.69, 9.17) is 0 Å². The van der Waals surface area contributed by atoms with Gasteiger partial charge in [-0.3, -0.25) is 0 Å². The van der Waals surface area contributed by atoms with Crippen molar-refractivity contribution in [3.8, 4) is 22.3 Å². The van der Waals surface area contributed by atoms with Gasteiger partial charge < -0.3 is 14.7 Å². The van der Waals surface area contributed by atoms with Crippen molar-refractivity contribution in [2.75, 3.05) is 14.7 Å². The maximum Gasteiger partial charge on any atom is 0.252 e. The minimum atomic E-state index is -0.239. The zero-order valence-electron chi connectivity index (χ0n) is 48.0. The molecule has 0 bridgehead atoms. The Hall–Kier alpha value is -7.30. The molecule has 0 aromatic heterocycles. The van der Waals surface area contributed by atoms with Crippen LogP contribution in [0, 0.1) is 0 Å². The van der Waals surface area contributed by atoms with Crippen LogP contribution in [0.15, 0.2) is 188 Å². The maximum absolute atomic E-state index is 2.96. The Kier molecular flexibility index (Phi) is 10.4. The Labute approximate surface area is 470 Å². The molecule has 9 aromatic rings. The number of hydrogen-bond acceptors (Lipinski definition) is 3. The number of benzene rings is 9. The molecule has 0 amide bonds. The smallest absolute Gasteiger partial charge is 0.252 e. The molecular formula is C75H74BN3. The van der Waals surface area contributed by atoms with Gasteiger partial charge in [-0.15, -0.1) is 0 Å². The Bertz CT molecular complexity index is 3980. The molecule has 4 heteroatoms. The predicted molar refractivity (Wildman–Crippen MR) is 337 cm³/mol. The van der Waals surface area contributed by atoms with Crippen molar-refractivity contribution in [1.29, 1.82) is 0 Å². The zero-order chi connectivity index (χ0) is 54.0. The number of para-hydroxylation sites is 1. The van der Waals surface area contributed by atoms with Gasteiger partial charge in [0, 0.05) is 50.5 Å². The van der Waals surface area contributed by atoms with Crippen LogP contribution < -0.4 is 31.1 Å². The van der Waals surface area contributed by atoms with Crippen LogP contribution in [0.3, 0.4) is 0 Å². The molecule has 4 aliphatic heterocycles. The topological polar surface area (TPSA) is 9.72 Å². The third-order valence-electron chi connectivity index (χ3n) is 21.2. The van der Waals surface area contributed by atoms with Crippen molar-refractivity contribution in [2.24, 2.45) is 0 Å². The van der Waals surface area contributed by atoms with Gasteiger partial charge in [0.15, 0.2) is 0 Å². The highest BCUT2D eigenvalue weighted by Gasteiger charge is 2.64. The lowest BCUT2D eigenvalue weighted by atomic mass is 9.33. The first-order chi connectivity index (χ1) is 38.0. The molecular weight excluding hydrogens is 954 g/mol. The molecule has 392 valence electrons. The monoisotopic (exact) mass is 1030 g/mol. The highest BCUT2D eigenvalue weighted by atomic mass is 15.3. The first-order valence-electron chi connectivity index (χ1n) is 29.8. The van der Waals surface area contributed by atoms with Crippen LogP contribution in [0.25, 0.3) is 33.0 Å². The molecule has 2 saturated carbocycles. The van der Waals surface area contributed by atoms with E-state index in [1.165, 1.54) is 149 Å². The van der Waals surface area contributed by atoms with E-state index in [2.05, 4.69) is 265 Å². The summed E-state index contributed by atoms with van der Waals surface area (Å²) >= 11 is 0. The van der Waals surface area contributed by atoms with Crippen LogP contribution in [0.1, 0.15) is 141 Å². The molecule has 0 radical (unpaired) electrons. The molecule has 0 N–H and O–H groups in total. The number of hydrogen-bond donors (Lipinski definition) is 0. The molecule has 6 aliphatic rings. The Morgan fingerprint density at radius 2 is 1.05 bits per heavy atom. The molecule has 15 rings (SSSR count). The van der Waals surface area contributed by atoms with E-state index in [1.54, 1.807) is 0 Å². The van der Waals surface area contributed by atoms with Crippen LogP contribution in [-0.2, 0) is 21.7 Å². The highest BCUT2D eigenvalue weighted by molar-refractivity contribution is 7.00. The fourth-order valence-electron chi connectivity index (χ4n) is 16.9. The van der Waals surface area contributed by atoms with E-state index in [9.17, 15) is 0 Å². The molecule has 4 unspecified atom stereocenters. The fraction of sp³-hybridized carbons (Fsp3) is 0.307. The number of nitrogens with zero attached hydrogens (tertiary/aromatic N) is 3. The Morgan fingerprint density at radius 1 is 0.418 bits per heavy atom. The number of anilines is 7. The van der Waals surface area contributed by atoms with Crippen molar-refractivity contribution >= 4 is 73.7 Å². The second-order valence-electron chi connectivity index (χ2n) is 27.3. The SMILES string of the molecule is CC(C)(C)c1ccc2c(c1)B1c3cc(-c4ccccc4)cc4c3N(c3cc(N5c6ccccc6C6(c7ccccc7)CCCCC56C)cc(c31)N2c1ccc(C(C)(C)C)cc1-c1ccc2ccccc2c1)C1(C)CCCCC41C. The normalized spacial score (nSPS) is 23.5. The lowest BCUT2D eigenvalue weighted by Gasteiger charge is -2.54.